The van der Waals surface area contributed by atoms with Crippen LogP contribution in [0.5, 0.6) is 0 Å². The lowest BCUT2D eigenvalue weighted by molar-refractivity contribution is -0.880. The lowest BCUT2D eigenvalue weighted by atomic mass is 10.2. The molecule has 1 atom stereocenters. The van der Waals surface area contributed by atoms with E-state index in [4.69, 9.17) is 4.74 Å². The summed E-state index contributed by atoms with van der Waals surface area (Å²) >= 11 is 0. The van der Waals surface area contributed by atoms with Crippen molar-refractivity contribution >= 4 is 21.4 Å². The van der Waals surface area contributed by atoms with Crippen LogP contribution in [0.25, 0.3) is 0 Å². The number of hydrogen-bond donors (Lipinski definition) is 2. The zero-order valence-electron chi connectivity index (χ0n) is 14.7. The number of piperazine rings is 1. The second-order valence-corrected chi connectivity index (χ2v) is 8.04. The van der Waals surface area contributed by atoms with E-state index in [0.29, 0.717) is 18.8 Å². The maximum atomic E-state index is 12.4. The van der Waals surface area contributed by atoms with E-state index in [1.165, 1.54) is 24.1 Å². The fourth-order valence-electron chi connectivity index (χ4n) is 2.83. The molecule has 2 N–H and O–H groups in total. The summed E-state index contributed by atoms with van der Waals surface area (Å²) in [5.41, 5.74) is 0.267. The molecule has 1 fully saturated rings. The van der Waals surface area contributed by atoms with E-state index < -0.39 is 21.0 Å². The van der Waals surface area contributed by atoms with Gasteiger partial charge in [0.05, 0.1) is 49.7 Å². The molecule has 1 heterocycles. The Bertz CT molecular complexity index is 717. The van der Waals surface area contributed by atoms with Crippen molar-refractivity contribution in [3.8, 4) is 0 Å². The fourth-order valence-corrected chi connectivity index (χ4v) is 4.08. The molecule has 1 aromatic rings. The highest BCUT2D eigenvalue weighted by Gasteiger charge is 2.27. The first kappa shape index (κ1) is 19.6. The van der Waals surface area contributed by atoms with Crippen LogP contribution in [0.15, 0.2) is 23.1 Å². The molecule has 10 heteroatoms. The minimum absolute atomic E-state index is 0.120. The summed E-state index contributed by atoms with van der Waals surface area (Å²) < 4.78 is 32.2. The number of methoxy groups -OCH3 is 1. The molecule has 1 aromatic carbocycles. The molecular formula is C15H25N4O5S+. The molecule has 0 aromatic heterocycles. The van der Waals surface area contributed by atoms with Gasteiger partial charge in [-0.05, 0) is 19.1 Å². The van der Waals surface area contributed by atoms with Crippen LogP contribution >= 0.6 is 0 Å². The Kier molecular flexibility index (Phi) is 6.33. The van der Waals surface area contributed by atoms with E-state index in [1.54, 1.807) is 6.92 Å². The van der Waals surface area contributed by atoms with Crippen LogP contribution < -0.4 is 14.5 Å². The number of nitrogens with zero attached hydrogens (tertiary/aromatic N) is 2. The van der Waals surface area contributed by atoms with Crippen molar-refractivity contribution in [2.75, 3.05) is 51.8 Å². The molecule has 9 nitrogen and oxygen atoms in total. The van der Waals surface area contributed by atoms with Crippen LogP contribution in [0, 0.1) is 10.1 Å². The van der Waals surface area contributed by atoms with Crippen molar-refractivity contribution < 1.29 is 23.0 Å². The lowest BCUT2D eigenvalue weighted by Crippen LogP contribution is -3.12. The highest BCUT2D eigenvalue weighted by atomic mass is 32.2. The first-order valence-corrected chi connectivity index (χ1v) is 9.59. The highest BCUT2D eigenvalue weighted by molar-refractivity contribution is 7.89. The molecule has 140 valence electrons. The summed E-state index contributed by atoms with van der Waals surface area (Å²) in [4.78, 5) is 14.1. The Balaban J connectivity index is 2.31. The van der Waals surface area contributed by atoms with Crippen molar-refractivity contribution in [1.82, 2.24) is 4.72 Å². The van der Waals surface area contributed by atoms with Crippen molar-refractivity contribution in [3.63, 3.8) is 0 Å². The van der Waals surface area contributed by atoms with Gasteiger partial charge >= 0.3 is 0 Å². The van der Waals surface area contributed by atoms with E-state index >= 15 is 0 Å². The average molecular weight is 373 g/mol. The van der Waals surface area contributed by atoms with Crippen molar-refractivity contribution in [2.45, 2.75) is 17.9 Å². The van der Waals surface area contributed by atoms with Crippen LogP contribution in [-0.2, 0) is 14.8 Å². The van der Waals surface area contributed by atoms with E-state index in [2.05, 4.69) is 11.8 Å². The smallest absolute Gasteiger partial charge is 0.293 e. The highest BCUT2D eigenvalue weighted by Crippen LogP contribution is 2.30. The summed E-state index contributed by atoms with van der Waals surface area (Å²) in [7, 11) is -0.299. The first-order valence-electron chi connectivity index (χ1n) is 8.10. The molecule has 1 aliphatic heterocycles. The molecule has 2 rings (SSSR count). The minimum Gasteiger partial charge on any atom is -0.383 e. The number of quaternary nitrogens is 1. The Morgan fingerprint density at radius 2 is 2.04 bits per heavy atom. The van der Waals surface area contributed by atoms with Crippen LogP contribution in [-0.4, -0.2) is 66.3 Å². The molecular weight excluding hydrogens is 348 g/mol. The quantitative estimate of drug-likeness (QED) is 0.481. The molecule has 0 spiro atoms. The van der Waals surface area contributed by atoms with Gasteiger partial charge in [-0.2, -0.15) is 0 Å². The minimum atomic E-state index is -3.85. The zero-order valence-corrected chi connectivity index (χ0v) is 15.5. The monoisotopic (exact) mass is 373 g/mol. The van der Waals surface area contributed by atoms with Gasteiger partial charge < -0.3 is 14.5 Å². The standard InChI is InChI=1S/C15H24N4O5S/c1-12(11-24-3)16-25(22,23)13-4-5-14(15(10-13)19(20)21)18-8-6-17(2)7-9-18/h4-5,10,12,16H,6-9,11H2,1-3H3/p+1/t12-/m0/s1. The summed E-state index contributed by atoms with van der Waals surface area (Å²) in [6, 6.07) is 3.63. The lowest BCUT2D eigenvalue weighted by Gasteiger charge is -2.31. The number of rotatable bonds is 7. The third-order valence-corrected chi connectivity index (χ3v) is 5.77. The zero-order chi connectivity index (χ0) is 18.6. The molecule has 1 saturated heterocycles. The number of nitro benzene ring substituents is 1. The van der Waals surface area contributed by atoms with Gasteiger partial charge in [0.1, 0.15) is 5.69 Å². The number of nitrogens with one attached hydrogen (secondary N) is 2. The SMILES string of the molecule is COC[C@H](C)NS(=O)(=O)c1ccc(N2CC[NH+](C)CC2)c([N+](=O)[O-])c1. The molecule has 1 aliphatic rings. The maximum absolute atomic E-state index is 12.4. The Hall–Kier alpha value is -1.75. The summed E-state index contributed by atoms with van der Waals surface area (Å²) in [6.45, 7) is 5.03. The number of hydrogen-bond acceptors (Lipinski definition) is 6. The molecule has 0 radical (unpaired) electrons. The molecule has 0 saturated carbocycles. The third kappa shape index (κ3) is 4.88. The van der Waals surface area contributed by atoms with Gasteiger partial charge in [-0.15, -0.1) is 0 Å². The Morgan fingerprint density at radius 1 is 1.40 bits per heavy atom. The van der Waals surface area contributed by atoms with Crippen LogP contribution in [0.4, 0.5) is 11.4 Å². The van der Waals surface area contributed by atoms with Crippen LogP contribution in [0.3, 0.4) is 0 Å². The van der Waals surface area contributed by atoms with Crippen molar-refractivity contribution in [1.29, 1.82) is 0 Å². The Morgan fingerprint density at radius 3 is 2.60 bits per heavy atom. The van der Waals surface area contributed by atoms with Crippen LogP contribution in [0.1, 0.15) is 6.92 Å². The summed E-state index contributed by atoms with van der Waals surface area (Å²) in [6.07, 6.45) is 0. The largest absolute Gasteiger partial charge is 0.383 e. The second kappa shape index (κ2) is 8.09. The molecule has 0 amide bonds. The molecule has 0 aliphatic carbocycles. The maximum Gasteiger partial charge on any atom is 0.293 e. The van der Waals surface area contributed by atoms with Gasteiger partial charge in [-0.3, -0.25) is 10.1 Å². The number of likely N-dealkylation sites (N-methyl/N-ethyl adjacent to an activating group) is 1. The number of sulfonamides is 1. The van der Waals surface area contributed by atoms with E-state index in [9.17, 15) is 18.5 Å². The van der Waals surface area contributed by atoms with Crippen LogP contribution in [0.2, 0.25) is 0 Å². The summed E-state index contributed by atoms with van der Waals surface area (Å²) in [5, 5.41) is 11.5. The summed E-state index contributed by atoms with van der Waals surface area (Å²) in [5.74, 6) is 0. The topological polar surface area (TPSA) is 106 Å². The van der Waals surface area contributed by atoms with Gasteiger partial charge in [0.25, 0.3) is 5.69 Å². The van der Waals surface area contributed by atoms with Gasteiger partial charge in [-0.1, -0.05) is 0 Å². The number of anilines is 1. The number of ether oxygens (including phenoxy) is 1. The number of benzene rings is 1. The van der Waals surface area contributed by atoms with E-state index in [-0.39, 0.29) is 17.2 Å². The predicted molar refractivity (Wildman–Crippen MR) is 93.6 cm³/mol. The van der Waals surface area contributed by atoms with Crippen molar-refractivity contribution in [2.24, 2.45) is 0 Å². The molecule has 25 heavy (non-hydrogen) atoms. The van der Waals surface area contributed by atoms with E-state index in [0.717, 1.165) is 19.2 Å². The van der Waals surface area contributed by atoms with Gasteiger partial charge in [0.15, 0.2) is 0 Å². The molecule has 0 bridgehead atoms. The second-order valence-electron chi connectivity index (χ2n) is 6.33. The fraction of sp³-hybridized carbons (Fsp3) is 0.600. The van der Waals surface area contributed by atoms with Gasteiger partial charge in [0.2, 0.25) is 10.0 Å². The Labute approximate surface area is 147 Å². The first-order chi connectivity index (χ1) is 11.7. The third-order valence-electron chi connectivity index (χ3n) is 4.18. The number of nitro groups is 1. The van der Waals surface area contributed by atoms with E-state index in [1.807, 2.05) is 4.90 Å². The predicted octanol–water partition coefficient (Wildman–Crippen LogP) is -0.757. The van der Waals surface area contributed by atoms with Crippen molar-refractivity contribution in [3.05, 3.63) is 28.3 Å². The van der Waals surface area contributed by atoms with Gasteiger partial charge in [-0.25, -0.2) is 13.1 Å². The normalized spacial score (nSPS) is 17.5. The van der Waals surface area contributed by atoms with Gasteiger partial charge in [0, 0.05) is 19.2 Å². The molecule has 0 unspecified atom stereocenters. The average Bonchev–Trinajstić information content (AvgIpc) is 2.54.